The first-order valence-electron chi connectivity index (χ1n) is 25.4. The van der Waals surface area contributed by atoms with Gasteiger partial charge in [0.25, 0.3) is 0 Å². The quantitative estimate of drug-likeness (QED) is 0.0202. The summed E-state index contributed by atoms with van der Waals surface area (Å²) in [5.74, 6) is -0.870. The summed E-state index contributed by atoms with van der Waals surface area (Å²) in [6.07, 6.45) is 46.7. The molecule has 1 heterocycles. The van der Waals surface area contributed by atoms with Crippen molar-refractivity contribution in [1.82, 2.24) is 0 Å². The average Bonchev–Trinajstić information content (AvgIpc) is 3.28. The molecular weight excluding hydrogens is 797 g/mol. The van der Waals surface area contributed by atoms with Gasteiger partial charge in [-0.1, -0.05) is 203 Å². The van der Waals surface area contributed by atoms with Crippen molar-refractivity contribution in [2.75, 3.05) is 19.8 Å². The second-order valence-electron chi connectivity index (χ2n) is 17.3. The Kier molecular flexibility index (Phi) is 40.2. The van der Waals surface area contributed by atoms with Crippen molar-refractivity contribution in [2.45, 2.75) is 243 Å². The van der Waals surface area contributed by atoms with Crippen LogP contribution in [0.5, 0.6) is 0 Å². The van der Waals surface area contributed by atoms with Crippen LogP contribution in [0, 0.1) is 0 Å². The van der Waals surface area contributed by atoms with Gasteiger partial charge in [-0.3, -0.25) is 9.59 Å². The molecule has 0 amide bonds. The van der Waals surface area contributed by atoms with E-state index in [1.54, 1.807) is 0 Å². The summed E-state index contributed by atoms with van der Waals surface area (Å²) in [4.78, 5) is 25.4. The van der Waals surface area contributed by atoms with Crippen LogP contribution in [0.25, 0.3) is 0 Å². The van der Waals surface area contributed by atoms with Crippen molar-refractivity contribution < 1.29 is 49.0 Å². The van der Waals surface area contributed by atoms with Crippen molar-refractivity contribution in [1.29, 1.82) is 0 Å². The van der Waals surface area contributed by atoms with Gasteiger partial charge in [-0.15, -0.1) is 0 Å². The summed E-state index contributed by atoms with van der Waals surface area (Å²) in [6.45, 7) is 3.25. The number of esters is 2. The third kappa shape index (κ3) is 34.4. The van der Waals surface area contributed by atoms with Crippen LogP contribution in [-0.2, 0) is 28.5 Å². The maximum absolute atomic E-state index is 12.8. The van der Waals surface area contributed by atoms with Crippen LogP contribution in [0.3, 0.4) is 0 Å². The number of ether oxygens (including phenoxy) is 4. The Hall–Kier alpha value is -2.60. The normalized spacial score (nSPS) is 20.0. The number of carbonyl (C=O) groups excluding carboxylic acids is 2. The van der Waals surface area contributed by atoms with E-state index in [1.807, 2.05) is 30.4 Å². The highest BCUT2D eigenvalue weighted by molar-refractivity contribution is 5.70. The molecule has 0 spiro atoms. The predicted octanol–water partition coefficient (Wildman–Crippen LogP) is 11.8. The highest BCUT2D eigenvalue weighted by atomic mass is 16.7. The second kappa shape index (κ2) is 43.3. The Morgan fingerprint density at radius 3 is 1.51 bits per heavy atom. The van der Waals surface area contributed by atoms with Gasteiger partial charge in [0, 0.05) is 12.8 Å². The fraction of sp³-hybridized carbons (Fsp3) is 0.774. The minimum Gasteiger partial charge on any atom is -0.462 e. The number of unbranched alkanes of at least 4 members (excludes halogenated alkanes) is 24. The van der Waals surface area contributed by atoms with Crippen molar-refractivity contribution in [2.24, 2.45) is 0 Å². The number of allylic oxidation sites excluding steroid dienone is 10. The van der Waals surface area contributed by atoms with Gasteiger partial charge in [0.05, 0.1) is 13.2 Å². The Morgan fingerprint density at radius 1 is 0.508 bits per heavy atom. The predicted molar refractivity (Wildman–Crippen MR) is 256 cm³/mol. The molecule has 0 aromatic heterocycles. The van der Waals surface area contributed by atoms with E-state index in [4.69, 9.17) is 18.9 Å². The van der Waals surface area contributed by atoms with Crippen molar-refractivity contribution in [3.05, 3.63) is 60.8 Å². The lowest BCUT2D eigenvalue weighted by Gasteiger charge is -2.39. The molecule has 1 aliphatic rings. The van der Waals surface area contributed by atoms with Crippen LogP contribution in [0.2, 0.25) is 0 Å². The van der Waals surface area contributed by atoms with Crippen LogP contribution < -0.4 is 0 Å². The van der Waals surface area contributed by atoms with Gasteiger partial charge in [0.1, 0.15) is 31.0 Å². The number of aliphatic hydroxyl groups is 4. The number of hydrogen-bond donors (Lipinski definition) is 4. The molecule has 0 aliphatic carbocycles. The van der Waals surface area contributed by atoms with Gasteiger partial charge in [-0.05, 0) is 51.4 Å². The van der Waals surface area contributed by atoms with Crippen molar-refractivity contribution >= 4 is 11.9 Å². The Balaban J connectivity index is 2.27. The van der Waals surface area contributed by atoms with Crippen molar-refractivity contribution in [3.63, 3.8) is 0 Å². The molecule has 2 unspecified atom stereocenters. The smallest absolute Gasteiger partial charge is 0.306 e. The molecule has 364 valence electrons. The lowest BCUT2D eigenvalue weighted by molar-refractivity contribution is -0.305. The van der Waals surface area contributed by atoms with E-state index in [9.17, 15) is 30.0 Å². The summed E-state index contributed by atoms with van der Waals surface area (Å²) < 4.78 is 22.2. The van der Waals surface area contributed by atoms with E-state index < -0.39 is 55.4 Å². The van der Waals surface area contributed by atoms with E-state index >= 15 is 0 Å². The monoisotopic (exact) mass is 889 g/mol. The summed E-state index contributed by atoms with van der Waals surface area (Å²) in [5, 5.41) is 40.2. The van der Waals surface area contributed by atoms with Crippen LogP contribution in [0.4, 0.5) is 0 Å². The molecule has 0 aromatic carbocycles. The number of carbonyl (C=O) groups is 2. The van der Waals surface area contributed by atoms with E-state index in [1.165, 1.54) is 116 Å². The molecule has 1 rings (SSSR count). The number of hydrogen-bond acceptors (Lipinski definition) is 10. The zero-order chi connectivity index (χ0) is 45.9. The standard InChI is InChI=1S/C53H92O10/c1-3-5-7-9-11-13-15-17-19-20-21-22-23-24-25-26-28-30-32-34-36-38-40-42-49(56)62-46(45-61-53-52(59)51(58)50(57)47(43-54)63-53)44-60-48(55)41-39-37-35-33-31-29-27-18-16-14-12-10-8-6-4-2/h6,8,10,12,14,16,18,27,34,36,46-47,50-54,57-59H,3-5,7,9,11,13,15,17,19-26,28-33,35,37-45H2,1-2H3/b8-6+,12-10+,16-14+,27-18+,36-34+/t46-,47-,50+,51?,52?,53-/m1/s1. The lowest BCUT2D eigenvalue weighted by atomic mass is 9.99. The summed E-state index contributed by atoms with van der Waals surface area (Å²) >= 11 is 0. The molecule has 10 nitrogen and oxygen atoms in total. The second-order valence-corrected chi connectivity index (χ2v) is 17.3. The molecule has 1 fully saturated rings. The van der Waals surface area contributed by atoms with Gasteiger partial charge in [0.2, 0.25) is 0 Å². The molecule has 0 aromatic rings. The minimum absolute atomic E-state index is 0.175. The summed E-state index contributed by atoms with van der Waals surface area (Å²) in [7, 11) is 0. The highest BCUT2D eigenvalue weighted by Gasteiger charge is 2.44. The molecule has 10 heteroatoms. The summed E-state index contributed by atoms with van der Waals surface area (Å²) in [5.41, 5.74) is 0. The van der Waals surface area contributed by atoms with E-state index in [2.05, 4.69) is 44.2 Å². The molecule has 63 heavy (non-hydrogen) atoms. The Labute approximate surface area is 383 Å². The lowest BCUT2D eigenvalue weighted by Crippen LogP contribution is -2.59. The van der Waals surface area contributed by atoms with Crippen molar-refractivity contribution in [3.8, 4) is 0 Å². The van der Waals surface area contributed by atoms with E-state index in [-0.39, 0.29) is 26.1 Å². The SMILES string of the molecule is CC/C=C/C=C/C=C/C=C/CCCCCCCC(=O)OC[C@H](CO[C@@H]1O[C@H](CO)[C@H](O)C(O)C1O)OC(=O)CCC/C=C/CCCCCCCCCCCCCCCCCCCC. The van der Waals surface area contributed by atoms with Gasteiger partial charge in [-0.25, -0.2) is 0 Å². The number of aliphatic hydroxyl groups excluding tert-OH is 4. The Bertz CT molecular complexity index is 1210. The van der Waals surface area contributed by atoms with E-state index in [0.717, 1.165) is 51.4 Å². The third-order valence-electron chi connectivity index (χ3n) is 11.5. The van der Waals surface area contributed by atoms with Gasteiger partial charge in [-0.2, -0.15) is 0 Å². The molecule has 4 N–H and O–H groups in total. The van der Waals surface area contributed by atoms with Crippen LogP contribution in [0.1, 0.15) is 206 Å². The number of rotatable bonds is 42. The maximum Gasteiger partial charge on any atom is 0.306 e. The maximum atomic E-state index is 12.8. The molecule has 1 saturated heterocycles. The van der Waals surface area contributed by atoms with Gasteiger partial charge >= 0.3 is 11.9 Å². The molecule has 1 aliphatic heterocycles. The first-order valence-corrected chi connectivity index (χ1v) is 25.4. The topological polar surface area (TPSA) is 152 Å². The molecular formula is C53H92O10. The fourth-order valence-corrected chi connectivity index (χ4v) is 7.50. The van der Waals surface area contributed by atoms with Crippen LogP contribution >= 0.6 is 0 Å². The zero-order valence-corrected chi connectivity index (χ0v) is 39.8. The molecule has 0 radical (unpaired) electrons. The largest absolute Gasteiger partial charge is 0.462 e. The molecule has 0 saturated carbocycles. The summed E-state index contributed by atoms with van der Waals surface area (Å²) in [6, 6.07) is 0. The van der Waals surface area contributed by atoms with E-state index in [0.29, 0.717) is 12.8 Å². The fourth-order valence-electron chi connectivity index (χ4n) is 7.50. The highest BCUT2D eigenvalue weighted by Crippen LogP contribution is 2.23. The van der Waals surface area contributed by atoms with Crippen LogP contribution in [-0.4, -0.2) is 89.0 Å². The zero-order valence-electron chi connectivity index (χ0n) is 39.8. The Morgan fingerprint density at radius 2 is 0.968 bits per heavy atom. The first-order chi connectivity index (χ1) is 30.8. The minimum atomic E-state index is -1.61. The third-order valence-corrected chi connectivity index (χ3v) is 11.5. The van der Waals surface area contributed by atoms with Gasteiger partial charge < -0.3 is 39.4 Å². The molecule has 0 bridgehead atoms. The van der Waals surface area contributed by atoms with Gasteiger partial charge in [0.15, 0.2) is 12.4 Å². The van der Waals surface area contributed by atoms with Crippen LogP contribution in [0.15, 0.2) is 60.8 Å². The average molecular weight is 889 g/mol. The first kappa shape index (κ1) is 58.4. The molecule has 6 atom stereocenters.